The molecule has 0 amide bonds. The Morgan fingerprint density at radius 3 is 2.30 bits per heavy atom. The molecule has 1 saturated heterocycles. The molecule has 0 radical (unpaired) electrons. The van der Waals surface area contributed by atoms with Crippen LogP contribution < -0.4 is 0 Å². The molecule has 2 rings (SSSR count). The predicted molar refractivity (Wildman–Crippen MR) is 42.1 cm³/mol. The topological polar surface area (TPSA) is 6.48 Å². The Morgan fingerprint density at radius 2 is 1.80 bits per heavy atom. The van der Waals surface area contributed by atoms with Gasteiger partial charge in [0.2, 0.25) is 0 Å². The Bertz CT molecular complexity index is 140. The first-order valence-electron chi connectivity index (χ1n) is 4.13. The summed E-state index contributed by atoms with van der Waals surface area (Å²) in [6.45, 7) is 3.80. The fourth-order valence-electron chi connectivity index (χ4n) is 1.94. The van der Waals surface area contributed by atoms with Crippen molar-refractivity contribution in [2.75, 3.05) is 33.7 Å². The van der Waals surface area contributed by atoms with E-state index in [2.05, 4.69) is 23.9 Å². The number of nitrogens with zero attached hydrogens (tertiary/aromatic N) is 2. The molecule has 0 unspecified atom stereocenters. The molecule has 0 aromatic carbocycles. The molecule has 1 saturated carbocycles. The second kappa shape index (κ2) is 1.95. The average Bonchev–Trinajstić information content (AvgIpc) is 2.62. The minimum Gasteiger partial charge on any atom is -0.303 e. The molecular weight excluding hydrogens is 124 g/mol. The van der Waals surface area contributed by atoms with Crippen molar-refractivity contribution in [2.24, 2.45) is 0 Å². The van der Waals surface area contributed by atoms with E-state index in [4.69, 9.17) is 0 Å². The van der Waals surface area contributed by atoms with Crippen LogP contribution in [0.25, 0.3) is 0 Å². The van der Waals surface area contributed by atoms with Crippen molar-refractivity contribution < 1.29 is 0 Å². The van der Waals surface area contributed by atoms with Crippen LogP contribution in [0.2, 0.25) is 0 Å². The maximum atomic E-state index is 2.53. The molecule has 58 valence electrons. The molecule has 0 aromatic rings. The normalized spacial score (nSPS) is 33.0. The maximum absolute atomic E-state index is 2.53. The van der Waals surface area contributed by atoms with E-state index in [0.29, 0.717) is 5.54 Å². The lowest BCUT2D eigenvalue weighted by atomic mass is 10.1. The van der Waals surface area contributed by atoms with Gasteiger partial charge in [-0.3, -0.25) is 4.90 Å². The lowest BCUT2D eigenvalue weighted by molar-refractivity contribution is 0.0983. The van der Waals surface area contributed by atoms with Crippen molar-refractivity contribution >= 4 is 0 Å². The summed E-state index contributed by atoms with van der Waals surface area (Å²) in [4.78, 5) is 4.99. The Balaban J connectivity index is 2.03. The standard InChI is InChI=1S/C8H16N2/c1-9-5-6-10(2)8(7-9)3-4-8/h3-7H2,1-2H3. The van der Waals surface area contributed by atoms with Crippen LogP contribution in [0.3, 0.4) is 0 Å². The molecule has 2 nitrogen and oxygen atoms in total. The third kappa shape index (κ3) is 0.867. The molecule has 1 spiro atoms. The van der Waals surface area contributed by atoms with Crippen LogP contribution in [0.1, 0.15) is 12.8 Å². The minimum atomic E-state index is 0.618. The van der Waals surface area contributed by atoms with E-state index in [-0.39, 0.29) is 0 Å². The van der Waals surface area contributed by atoms with E-state index in [1.165, 1.54) is 32.5 Å². The zero-order valence-corrected chi connectivity index (χ0v) is 6.93. The van der Waals surface area contributed by atoms with Gasteiger partial charge in [-0.2, -0.15) is 0 Å². The fraction of sp³-hybridized carbons (Fsp3) is 1.00. The smallest absolute Gasteiger partial charge is 0.0335 e. The van der Waals surface area contributed by atoms with Crippen molar-refractivity contribution in [3.63, 3.8) is 0 Å². The van der Waals surface area contributed by atoms with Crippen molar-refractivity contribution in [3.8, 4) is 0 Å². The van der Waals surface area contributed by atoms with E-state index in [0.717, 1.165) is 0 Å². The van der Waals surface area contributed by atoms with Crippen LogP contribution in [0.4, 0.5) is 0 Å². The molecule has 2 heteroatoms. The number of rotatable bonds is 0. The summed E-state index contributed by atoms with van der Waals surface area (Å²) in [5.74, 6) is 0. The summed E-state index contributed by atoms with van der Waals surface area (Å²) < 4.78 is 0. The van der Waals surface area contributed by atoms with E-state index in [9.17, 15) is 0 Å². The van der Waals surface area contributed by atoms with Gasteiger partial charge in [0.1, 0.15) is 0 Å². The van der Waals surface area contributed by atoms with Crippen LogP contribution in [-0.4, -0.2) is 49.1 Å². The number of hydrogen-bond donors (Lipinski definition) is 0. The van der Waals surface area contributed by atoms with Gasteiger partial charge in [-0.25, -0.2) is 0 Å². The summed E-state index contributed by atoms with van der Waals surface area (Å²) in [5, 5.41) is 0. The van der Waals surface area contributed by atoms with Crippen LogP contribution in [0.15, 0.2) is 0 Å². The molecule has 1 aliphatic heterocycles. The Kier molecular flexibility index (Phi) is 1.29. The minimum absolute atomic E-state index is 0.618. The highest BCUT2D eigenvalue weighted by Gasteiger charge is 2.48. The fourth-order valence-corrected chi connectivity index (χ4v) is 1.94. The van der Waals surface area contributed by atoms with Gasteiger partial charge in [0.15, 0.2) is 0 Å². The summed E-state index contributed by atoms with van der Waals surface area (Å²) in [6, 6.07) is 0. The third-order valence-corrected chi connectivity index (χ3v) is 3.02. The number of hydrogen-bond acceptors (Lipinski definition) is 2. The second-order valence-electron chi connectivity index (χ2n) is 3.88. The van der Waals surface area contributed by atoms with Crippen LogP contribution >= 0.6 is 0 Å². The quantitative estimate of drug-likeness (QED) is 0.480. The van der Waals surface area contributed by atoms with Crippen molar-refractivity contribution in [1.82, 2.24) is 9.80 Å². The van der Waals surface area contributed by atoms with E-state index in [1.54, 1.807) is 0 Å². The third-order valence-electron chi connectivity index (χ3n) is 3.02. The summed E-state index contributed by atoms with van der Waals surface area (Å²) >= 11 is 0. The zero-order chi connectivity index (χ0) is 7.19. The van der Waals surface area contributed by atoms with Gasteiger partial charge < -0.3 is 4.90 Å². The molecule has 2 aliphatic rings. The van der Waals surface area contributed by atoms with E-state index in [1.807, 2.05) is 0 Å². The van der Waals surface area contributed by atoms with Gasteiger partial charge >= 0.3 is 0 Å². The monoisotopic (exact) mass is 140 g/mol. The Morgan fingerprint density at radius 1 is 1.10 bits per heavy atom. The van der Waals surface area contributed by atoms with Crippen LogP contribution in [0, 0.1) is 0 Å². The lowest BCUT2D eigenvalue weighted by Gasteiger charge is -2.38. The van der Waals surface area contributed by atoms with Crippen molar-refractivity contribution in [2.45, 2.75) is 18.4 Å². The first kappa shape index (κ1) is 6.62. The summed E-state index contributed by atoms with van der Waals surface area (Å²) in [5.41, 5.74) is 0.618. The number of piperazine rings is 1. The van der Waals surface area contributed by atoms with Crippen molar-refractivity contribution in [1.29, 1.82) is 0 Å². The summed E-state index contributed by atoms with van der Waals surface area (Å²) in [7, 11) is 4.49. The molecular formula is C8H16N2. The van der Waals surface area contributed by atoms with Gasteiger partial charge in [0.25, 0.3) is 0 Å². The molecule has 0 atom stereocenters. The van der Waals surface area contributed by atoms with Gasteiger partial charge in [-0.1, -0.05) is 0 Å². The van der Waals surface area contributed by atoms with Gasteiger partial charge in [-0.15, -0.1) is 0 Å². The largest absolute Gasteiger partial charge is 0.303 e. The average molecular weight is 140 g/mol. The lowest BCUT2D eigenvalue weighted by Crippen LogP contribution is -2.51. The Hall–Kier alpha value is -0.0800. The maximum Gasteiger partial charge on any atom is 0.0335 e. The van der Waals surface area contributed by atoms with E-state index < -0.39 is 0 Å². The van der Waals surface area contributed by atoms with Crippen molar-refractivity contribution in [3.05, 3.63) is 0 Å². The number of likely N-dealkylation sites (N-methyl/N-ethyl adjacent to an activating group) is 2. The summed E-state index contributed by atoms with van der Waals surface area (Å²) in [6.07, 6.45) is 2.85. The molecule has 2 fully saturated rings. The SMILES string of the molecule is CN1CCN(C)C2(CC2)C1. The van der Waals surface area contributed by atoms with E-state index >= 15 is 0 Å². The zero-order valence-electron chi connectivity index (χ0n) is 6.93. The molecule has 1 aliphatic carbocycles. The van der Waals surface area contributed by atoms with Gasteiger partial charge in [0.05, 0.1) is 0 Å². The molecule has 0 N–H and O–H groups in total. The molecule has 0 bridgehead atoms. The highest BCUT2D eigenvalue weighted by molar-refractivity contribution is 5.06. The second-order valence-corrected chi connectivity index (χ2v) is 3.88. The first-order valence-corrected chi connectivity index (χ1v) is 4.13. The van der Waals surface area contributed by atoms with Gasteiger partial charge in [0, 0.05) is 25.2 Å². The highest BCUT2D eigenvalue weighted by atomic mass is 15.3. The molecule has 1 heterocycles. The predicted octanol–water partition coefficient (Wildman–Crippen LogP) is 0.396. The Labute approximate surface area is 62.8 Å². The van der Waals surface area contributed by atoms with Crippen LogP contribution in [-0.2, 0) is 0 Å². The molecule has 10 heavy (non-hydrogen) atoms. The van der Waals surface area contributed by atoms with Gasteiger partial charge in [-0.05, 0) is 26.9 Å². The first-order chi connectivity index (χ1) is 4.73. The molecule has 0 aromatic heterocycles. The van der Waals surface area contributed by atoms with Crippen LogP contribution in [0.5, 0.6) is 0 Å². The highest BCUT2D eigenvalue weighted by Crippen LogP contribution is 2.42.